The molecule has 6 heteroatoms. The lowest BCUT2D eigenvalue weighted by Crippen LogP contribution is -2.31. The van der Waals surface area contributed by atoms with Gasteiger partial charge in [0.1, 0.15) is 0 Å². The summed E-state index contributed by atoms with van der Waals surface area (Å²) in [6.07, 6.45) is 1.01. The van der Waals surface area contributed by atoms with Gasteiger partial charge in [-0.1, -0.05) is 12.1 Å². The number of hydrogen-bond acceptors (Lipinski definition) is 4. The number of primary sulfonamides is 1. The van der Waals surface area contributed by atoms with Crippen molar-refractivity contribution >= 4 is 10.0 Å². The van der Waals surface area contributed by atoms with Crippen LogP contribution in [0.1, 0.15) is 24.9 Å². The molecule has 0 spiro atoms. The molecule has 18 heavy (non-hydrogen) atoms. The lowest BCUT2D eigenvalue weighted by atomic mass is 10.1. The highest BCUT2D eigenvalue weighted by Crippen LogP contribution is 2.17. The Morgan fingerprint density at radius 3 is 2.56 bits per heavy atom. The van der Waals surface area contributed by atoms with Gasteiger partial charge in [0.25, 0.3) is 0 Å². The van der Waals surface area contributed by atoms with E-state index in [1.807, 2.05) is 6.92 Å². The van der Waals surface area contributed by atoms with E-state index in [2.05, 4.69) is 5.32 Å². The van der Waals surface area contributed by atoms with Gasteiger partial charge in [-0.25, -0.2) is 13.6 Å². The highest BCUT2D eigenvalue weighted by molar-refractivity contribution is 7.89. The molecule has 1 fully saturated rings. The van der Waals surface area contributed by atoms with Crippen LogP contribution in [0.15, 0.2) is 29.2 Å². The molecule has 1 aromatic rings. The van der Waals surface area contributed by atoms with Crippen molar-refractivity contribution in [2.45, 2.75) is 30.3 Å². The minimum Gasteiger partial charge on any atom is -0.380 e. The number of nitrogens with one attached hydrogen (secondary N) is 1. The Bertz CT molecular complexity index is 493. The Morgan fingerprint density at radius 1 is 1.39 bits per heavy atom. The molecular weight excluding hydrogens is 252 g/mol. The quantitative estimate of drug-likeness (QED) is 0.847. The molecule has 1 aromatic carbocycles. The van der Waals surface area contributed by atoms with Gasteiger partial charge >= 0.3 is 0 Å². The fourth-order valence-corrected chi connectivity index (χ4v) is 2.58. The summed E-state index contributed by atoms with van der Waals surface area (Å²) in [5.41, 5.74) is 1.04. The average molecular weight is 270 g/mol. The van der Waals surface area contributed by atoms with Gasteiger partial charge in [0.15, 0.2) is 0 Å². The highest BCUT2D eigenvalue weighted by Gasteiger charge is 2.18. The van der Waals surface area contributed by atoms with Gasteiger partial charge in [-0.3, -0.25) is 0 Å². The molecule has 5 nitrogen and oxygen atoms in total. The molecule has 0 aromatic heterocycles. The maximum Gasteiger partial charge on any atom is 0.238 e. The number of hydrogen-bond donors (Lipinski definition) is 2. The molecule has 1 aliphatic heterocycles. The summed E-state index contributed by atoms with van der Waals surface area (Å²) in [4.78, 5) is 0.141. The number of nitrogens with two attached hydrogens (primary N) is 1. The zero-order valence-electron chi connectivity index (χ0n) is 10.3. The number of sulfonamides is 1. The van der Waals surface area contributed by atoms with Crippen LogP contribution in [0, 0.1) is 0 Å². The molecule has 1 heterocycles. The topological polar surface area (TPSA) is 81.4 Å². The van der Waals surface area contributed by atoms with Crippen LogP contribution in [-0.4, -0.2) is 27.7 Å². The van der Waals surface area contributed by atoms with Gasteiger partial charge in [0, 0.05) is 18.7 Å². The van der Waals surface area contributed by atoms with Crippen molar-refractivity contribution in [2.75, 3.05) is 13.2 Å². The van der Waals surface area contributed by atoms with Gasteiger partial charge < -0.3 is 10.1 Å². The van der Waals surface area contributed by atoms with Crippen LogP contribution in [0.5, 0.6) is 0 Å². The third kappa shape index (κ3) is 3.29. The lowest BCUT2D eigenvalue weighted by Gasteiger charge is -2.18. The Kier molecular flexibility index (Phi) is 4.01. The van der Waals surface area contributed by atoms with E-state index in [0.717, 1.165) is 25.2 Å². The Labute approximate surface area is 107 Å². The third-order valence-electron chi connectivity index (χ3n) is 3.12. The first kappa shape index (κ1) is 13.5. The van der Waals surface area contributed by atoms with Crippen LogP contribution in [0.2, 0.25) is 0 Å². The monoisotopic (exact) mass is 270 g/mol. The lowest BCUT2D eigenvalue weighted by molar-refractivity contribution is 0.188. The van der Waals surface area contributed by atoms with Crippen LogP contribution >= 0.6 is 0 Å². The molecule has 2 unspecified atom stereocenters. The van der Waals surface area contributed by atoms with E-state index >= 15 is 0 Å². The van der Waals surface area contributed by atoms with E-state index < -0.39 is 10.0 Å². The summed E-state index contributed by atoms with van der Waals surface area (Å²) in [6.45, 7) is 3.58. The second kappa shape index (κ2) is 5.36. The van der Waals surface area contributed by atoms with Crippen LogP contribution < -0.4 is 10.5 Å². The molecule has 3 N–H and O–H groups in total. The number of benzene rings is 1. The van der Waals surface area contributed by atoms with E-state index in [9.17, 15) is 8.42 Å². The second-order valence-corrected chi connectivity index (χ2v) is 6.12. The summed E-state index contributed by atoms with van der Waals surface area (Å²) >= 11 is 0. The van der Waals surface area contributed by atoms with Crippen LogP contribution in [-0.2, 0) is 14.8 Å². The van der Waals surface area contributed by atoms with E-state index in [4.69, 9.17) is 9.88 Å². The fourth-order valence-electron chi connectivity index (χ4n) is 2.06. The van der Waals surface area contributed by atoms with Crippen LogP contribution in [0.4, 0.5) is 0 Å². The average Bonchev–Trinajstić information content (AvgIpc) is 2.81. The second-order valence-electron chi connectivity index (χ2n) is 4.56. The van der Waals surface area contributed by atoms with Gasteiger partial charge in [-0.05, 0) is 31.0 Å². The molecule has 0 amide bonds. The smallest absolute Gasteiger partial charge is 0.238 e. The summed E-state index contributed by atoms with van der Waals surface area (Å²) in [7, 11) is -3.61. The van der Waals surface area contributed by atoms with Crippen molar-refractivity contribution in [1.82, 2.24) is 5.32 Å². The van der Waals surface area contributed by atoms with E-state index in [0.29, 0.717) is 6.04 Å². The predicted molar refractivity (Wildman–Crippen MR) is 68.6 cm³/mol. The van der Waals surface area contributed by atoms with Crippen molar-refractivity contribution in [3.8, 4) is 0 Å². The molecule has 1 saturated heterocycles. The summed E-state index contributed by atoms with van der Waals surface area (Å²) in [5, 5.41) is 8.50. The normalized spacial score (nSPS) is 22.0. The molecule has 0 radical (unpaired) electrons. The van der Waals surface area contributed by atoms with Crippen molar-refractivity contribution < 1.29 is 13.2 Å². The highest BCUT2D eigenvalue weighted by atomic mass is 32.2. The standard InChI is InChI=1S/C12H18N2O3S/c1-9(14-11-6-7-17-8-11)10-2-4-12(5-3-10)18(13,15)16/h2-5,9,11,14H,6-8H2,1H3,(H2,13,15,16). The van der Waals surface area contributed by atoms with E-state index in [1.54, 1.807) is 12.1 Å². The minimum absolute atomic E-state index is 0.141. The number of rotatable bonds is 4. The maximum atomic E-state index is 11.1. The molecule has 1 aliphatic rings. The molecule has 100 valence electrons. The number of ether oxygens (including phenoxy) is 1. The zero-order valence-corrected chi connectivity index (χ0v) is 11.1. The molecule has 0 aliphatic carbocycles. The van der Waals surface area contributed by atoms with Crippen LogP contribution in [0.25, 0.3) is 0 Å². The Morgan fingerprint density at radius 2 is 2.06 bits per heavy atom. The largest absolute Gasteiger partial charge is 0.380 e. The first-order chi connectivity index (χ1) is 8.47. The first-order valence-corrected chi connectivity index (χ1v) is 7.48. The Hall–Kier alpha value is -0.950. The van der Waals surface area contributed by atoms with Crippen molar-refractivity contribution in [3.05, 3.63) is 29.8 Å². The first-order valence-electron chi connectivity index (χ1n) is 5.93. The predicted octanol–water partition coefficient (Wildman–Crippen LogP) is 0.774. The van der Waals surface area contributed by atoms with E-state index in [1.165, 1.54) is 12.1 Å². The molecular formula is C12H18N2O3S. The fraction of sp³-hybridized carbons (Fsp3) is 0.500. The molecule has 2 atom stereocenters. The minimum atomic E-state index is -3.61. The summed E-state index contributed by atoms with van der Waals surface area (Å²) in [6, 6.07) is 7.17. The van der Waals surface area contributed by atoms with Gasteiger partial charge in [0.2, 0.25) is 10.0 Å². The molecule has 0 saturated carbocycles. The SMILES string of the molecule is CC(NC1CCOC1)c1ccc(S(N)(=O)=O)cc1. The van der Waals surface area contributed by atoms with Gasteiger partial charge in [-0.15, -0.1) is 0 Å². The Balaban J connectivity index is 2.04. The van der Waals surface area contributed by atoms with Crippen molar-refractivity contribution in [2.24, 2.45) is 5.14 Å². The molecule has 2 rings (SSSR count). The van der Waals surface area contributed by atoms with Crippen molar-refractivity contribution in [3.63, 3.8) is 0 Å². The summed E-state index contributed by atoms with van der Waals surface area (Å²) < 4.78 is 27.6. The van der Waals surface area contributed by atoms with Crippen molar-refractivity contribution in [1.29, 1.82) is 0 Å². The third-order valence-corrected chi connectivity index (χ3v) is 4.05. The van der Waals surface area contributed by atoms with Gasteiger partial charge in [0.05, 0.1) is 11.5 Å². The van der Waals surface area contributed by atoms with E-state index in [-0.39, 0.29) is 10.9 Å². The molecule has 0 bridgehead atoms. The van der Waals surface area contributed by atoms with Crippen LogP contribution in [0.3, 0.4) is 0 Å². The van der Waals surface area contributed by atoms with Gasteiger partial charge in [-0.2, -0.15) is 0 Å². The zero-order chi connectivity index (χ0) is 13.2. The maximum absolute atomic E-state index is 11.1. The summed E-state index contributed by atoms with van der Waals surface area (Å²) in [5.74, 6) is 0.